The van der Waals surface area contributed by atoms with Crippen molar-refractivity contribution < 1.29 is 14.8 Å². The van der Waals surface area contributed by atoms with Crippen LogP contribution < -0.4 is 0 Å². The molecule has 0 atom stereocenters. The Kier molecular flexibility index (Phi) is 4.10. The third-order valence-corrected chi connectivity index (χ3v) is 3.03. The van der Waals surface area contributed by atoms with Crippen molar-refractivity contribution in [3.8, 4) is 0 Å². The Morgan fingerprint density at radius 3 is 2.30 bits per heavy atom. The minimum absolute atomic E-state index is 0.263. The first-order valence-electron chi connectivity index (χ1n) is 6.12. The number of benzene rings is 2. The summed E-state index contributed by atoms with van der Waals surface area (Å²) in [5.74, 6) is -1.28. The molecule has 0 saturated heterocycles. The average Bonchev–Trinajstić information content (AvgIpc) is 2.45. The number of hydrogen-bond acceptors (Lipinski definition) is 3. The highest BCUT2D eigenvalue weighted by molar-refractivity contribution is 5.92. The molecule has 2 aromatic carbocycles. The van der Waals surface area contributed by atoms with Gasteiger partial charge in [0, 0.05) is 6.07 Å². The van der Waals surface area contributed by atoms with Gasteiger partial charge in [0.05, 0.1) is 4.92 Å². The zero-order chi connectivity index (χ0) is 14.5. The maximum atomic E-state index is 11.0. The summed E-state index contributed by atoms with van der Waals surface area (Å²) in [4.78, 5) is 21.1. The summed E-state index contributed by atoms with van der Waals surface area (Å²) in [5, 5.41) is 19.8. The molecular formula is C15H13NO4. The lowest BCUT2D eigenvalue weighted by Gasteiger charge is -2.04. The van der Waals surface area contributed by atoms with E-state index >= 15 is 0 Å². The molecule has 0 aliphatic carbocycles. The molecule has 2 rings (SSSR count). The molecule has 0 fully saturated rings. The normalized spacial score (nSPS) is 10.2. The van der Waals surface area contributed by atoms with Gasteiger partial charge < -0.3 is 5.11 Å². The molecule has 5 nitrogen and oxygen atoms in total. The van der Waals surface area contributed by atoms with E-state index in [1.54, 1.807) is 6.07 Å². The van der Waals surface area contributed by atoms with Crippen LogP contribution in [0.5, 0.6) is 0 Å². The van der Waals surface area contributed by atoms with Gasteiger partial charge in [0.15, 0.2) is 0 Å². The van der Waals surface area contributed by atoms with E-state index in [1.165, 1.54) is 12.1 Å². The van der Waals surface area contributed by atoms with Gasteiger partial charge in [0.2, 0.25) is 0 Å². The number of hydrogen-bond donors (Lipinski definition) is 1. The van der Waals surface area contributed by atoms with Crippen LogP contribution >= 0.6 is 0 Å². The van der Waals surface area contributed by atoms with Crippen LogP contribution in [0.3, 0.4) is 0 Å². The summed E-state index contributed by atoms with van der Waals surface area (Å²) in [7, 11) is 0. The molecule has 0 spiro atoms. The first-order chi connectivity index (χ1) is 9.58. The first-order valence-corrected chi connectivity index (χ1v) is 6.12. The molecule has 0 heterocycles. The second kappa shape index (κ2) is 5.97. The van der Waals surface area contributed by atoms with Gasteiger partial charge in [-0.15, -0.1) is 0 Å². The van der Waals surface area contributed by atoms with Crippen LogP contribution in [-0.4, -0.2) is 16.0 Å². The minimum atomic E-state index is -1.28. The Morgan fingerprint density at radius 2 is 1.70 bits per heavy atom. The molecule has 2 aromatic rings. The molecule has 5 heteroatoms. The summed E-state index contributed by atoms with van der Waals surface area (Å²) < 4.78 is 0. The molecule has 0 aliphatic heterocycles. The summed E-state index contributed by atoms with van der Waals surface area (Å²) in [6, 6.07) is 14.0. The number of carboxylic acids is 1. The van der Waals surface area contributed by atoms with Gasteiger partial charge >= 0.3 is 5.97 Å². The number of aromatic carboxylic acids is 1. The predicted octanol–water partition coefficient (Wildman–Crippen LogP) is 3.08. The van der Waals surface area contributed by atoms with E-state index in [9.17, 15) is 14.9 Å². The Morgan fingerprint density at radius 1 is 1.05 bits per heavy atom. The Hall–Kier alpha value is -2.69. The van der Waals surface area contributed by atoms with E-state index in [2.05, 4.69) is 0 Å². The van der Waals surface area contributed by atoms with Crippen molar-refractivity contribution in [1.82, 2.24) is 0 Å². The van der Waals surface area contributed by atoms with Crippen LogP contribution in [0, 0.1) is 10.1 Å². The second-order valence-electron chi connectivity index (χ2n) is 4.40. The van der Waals surface area contributed by atoms with Gasteiger partial charge in [-0.05, 0) is 30.0 Å². The van der Waals surface area contributed by atoms with Crippen LogP contribution in [0.25, 0.3) is 0 Å². The van der Waals surface area contributed by atoms with Gasteiger partial charge in [0.25, 0.3) is 5.69 Å². The van der Waals surface area contributed by atoms with E-state index in [4.69, 9.17) is 5.11 Å². The summed E-state index contributed by atoms with van der Waals surface area (Å²) in [6.07, 6.45) is 1.40. The smallest absolute Gasteiger partial charge is 0.342 e. The van der Waals surface area contributed by atoms with Crippen LogP contribution in [0.2, 0.25) is 0 Å². The number of rotatable bonds is 5. The number of nitro benzene ring substituents is 1. The van der Waals surface area contributed by atoms with Crippen molar-refractivity contribution in [3.05, 3.63) is 75.3 Å². The lowest BCUT2D eigenvalue weighted by molar-refractivity contribution is -0.385. The van der Waals surface area contributed by atoms with Crippen molar-refractivity contribution in [2.24, 2.45) is 0 Å². The van der Waals surface area contributed by atoms with Crippen molar-refractivity contribution in [2.45, 2.75) is 12.8 Å². The quantitative estimate of drug-likeness (QED) is 0.669. The summed E-state index contributed by atoms with van der Waals surface area (Å²) in [5.41, 5.74) is 1.28. The van der Waals surface area contributed by atoms with E-state index in [1.807, 2.05) is 30.3 Å². The fraction of sp³-hybridized carbons (Fsp3) is 0.133. The van der Waals surface area contributed by atoms with Gasteiger partial charge in [-0.25, -0.2) is 4.79 Å². The average molecular weight is 271 g/mol. The van der Waals surface area contributed by atoms with E-state index < -0.39 is 10.9 Å². The van der Waals surface area contributed by atoms with Crippen molar-refractivity contribution in [3.63, 3.8) is 0 Å². The largest absolute Gasteiger partial charge is 0.477 e. The third kappa shape index (κ3) is 3.20. The highest BCUT2D eigenvalue weighted by Crippen LogP contribution is 2.21. The topological polar surface area (TPSA) is 80.4 Å². The fourth-order valence-corrected chi connectivity index (χ4v) is 2.00. The van der Waals surface area contributed by atoms with Crippen molar-refractivity contribution >= 4 is 11.7 Å². The number of carboxylic acid groups (broad SMARTS) is 1. The Labute approximate surface area is 115 Å². The maximum Gasteiger partial charge on any atom is 0.342 e. The highest BCUT2D eigenvalue weighted by atomic mass is 16.6. The standard InChI is InChI=1S/C15H13NO4/c17-15(18)13-10-12(8-9-14(13)16(19)20)7-6-11-4-2-1-3-5-11/h1-5,8-10H,6-7H2,(H,17,18). The third-order valence-electron chi connectivity index (χ3n) is 3.03. The molecule has 20 heavy (non-hydrogen) atoms. The van der Waals surface area contributed by atoms with E-state index in [0.29, 0.717) is 6.42 Å². The lowest BCUT2D eigenvalue weighted by atomic mass is 10.0. The molecule has 0 bridgehead atoms. The van der Waals surface area contributed by atoms with Crippen molar-refractivity contribution in [2.75, 3.05) is 0 Å². The van der Waals surface area contributed by atoms with Crippen LogP contribution in [0.4, 0.5) is 5.69 Å². The lowest BCUT2D eigenvalue weighted by Crippen LogP contribution is -2.04. The molecule has 0 radical (unpaired) electrons. The predicted molar refractivity (Wildman–Crippen MR) is 73.9 cm³/mol. The van der Waals surface area contributed by atoms with Crippen molar-refractivity contribution in [1.29, 1.82) is 0 Å². The number of carbonyl (C=O) groups is 1. The number of aryl methyl sites for hydroxylation is 2. The molecule has 102 valence electrons. The van der Waals surface area contributed by atoms with Gasteiger partial charge in [-0.1, -0.05) is 36.4 Å². The summed E-state index contributed by atoms with van der Waals surface area (Å²) >= 11 is 0. The molecule has 0 aromatic heterocycles. The monoisotopic (exact) mass is 271 g/mol. The maximum absolute atomic E-state index is 11.0. The fourth-order valence-electron chi connectivity index (χ4n) is 2.00. The molecule has 0 unspecified atom stereocenters. The zero-order valence-electron chi connectivity index (χ0n) is 10.7. The van der Waals surface area contributed by atoms with Crippen LogP contribution in [-0.2, 0) is 12.8 Å². The first kappa shape index (κ1) is 13.7. The van der Waals surface area contributed by atoms with E-state index in [-0.39, 0.29) is 11.3 Å². The highest BCUT2D eigenvalue weighted by Gasteiger charge is 2.19. The second-order valence-corrected chi connectivity index (χ2v) is 4.40. The molecule has 0 aliphatic rings. The van der Waals surface area contributed by atoms with Gasteiger partial charge in [0.1, 0.15) is 5.56 Å². The van der Waals surface area contributed by atoms with Crippen LogP contribution in [0.15, 0.2) is 48.5 Å². The number of nitrogens with zero attached hydrogens (tertiary/aromatic N) is 1. The van der Waals surface area contributed by atoms with Crippen LogP contribution in [0.1, 0.15) is 21.5 Å². The molecule has 0 saturated carbocycles. The molecular weight excluding hydrogens is 258 g/mol. The van der Waals surface area contributed by atoms with Gasteiger partial charge in [-0.2, -0.15) is 0 Å². The zero-order valence-corrected chi connectivity index (χ0v) is 10.7. The van der Waals surface area contributed by atoms with E-state index in [0.717, 1.165) is 17.5 Å². The minimum Gasteiger partial charge on any atom is -0.477 e. The molecule has 1 N–H and O–H groups in total. The molecule has 0 amide bonds. The Bertz CT molecular complexity index is 638. The van der Waals surface area contributed by atoms with Gasteiger partial charge in [-0.3, -0.25) is 10.1 Å². The Balaban J connectivity index is 2.19. The SMILES string of the molecule is O=C(O)c1cc(CCc2ccccc2)ccc1[N+](=O)[O-]. The number of nitro groups is 1. The summed E-state index contributed by atoms with van der Waals surface area (Å²) in [6.45, 7) is 0.